The number of benzene rings is 2. The first kappa shape index (κ1) is 20.3. The van der Waals surface area contributed by atoms with Crippen molar-refractivity contribution in [1.29, 1.82) is 0 Å². The number of aromatic amines is 1. The highest BCUT2D eigenvalue weighted by atomic mass is 16.5. The van der Waals surface area contributed by atoms with Crippen LogP contribution in [-0.2, 0) is 9.53 Å². The fourth-order valence-electron chi connectivity index (χ4n) is 3.05. The van der Waals surface area contributed by atoms with E-state index in [0.29, 0.717) is 12.2 Å². The Kier molecular flexibility index (Phi) is 6.79. The van der Waals surface area contributed by atoms with E-state index in [9.17, 15) is 9.59 Å². The molecule has 2 atom stereocenters. The van der Waals surface area contributed by atoms with E-state index in [0.717, 1.165) is 12.0 Å². The summed E-state index contributed by atoms with van der Waals surface area (Å²) in [4.78, 5) is 24.7. The van der Waals surface area contributed by atoms with E-state index in [1.54, 1.807) is 13.0 Å². The van der Waals surface area contributed by atoms with Gasteiger partial charge in [-0.1, -0.05) is 67.6 Å². The number of esters is 1. The summed E-state index contributed by atoms with van der Waals surface area (Å²) in [5.74, 6) is -0.725. The smallest absolute Gasteiger partial charge is 0.357 e. The van der Waals surface area contributed by atoms with Gasteiger partial charge < -0.3 is 10.1 Å². The lowest BCUT2D eigenvalue weighted by atomic mass is 9.96. The summed E-state index contributed by atoms with van der Waals surface area (Å²) in [6, 6.07) is 21.2. The highest BCUT2D eigenvalue weighted by molar-refractivity contribution is 5.91. The number of nitrogens with zero attached hydrogens (tertiary/aromatic N) is 1. The van der Waals surface area contributed by atoms with Gasteiger partial charge in [0.2, 0.25) is 0 Å². The van der Waals surface area contributed by atoms with Crippen molar-refractivity contribution in [3.63, 3.8) is 0 Å². The maximum absolute atomic E-state index is 12.4. The van der Waals surface area contributed by atoms with E-state index in [-0.39, 0.29) is 17.5 Å². The Bertz CT molecular complexity index is 938. The lowest BCUT2D eigenvalue weighted by molar-refractivity contribution is -0.129. The molecule has 6 heteroatoms. The van der Waals surface area contributed by atoms with Crippen molar-refractivity contribution in [3.8, 4) is 11.3 Å². The Morgan fingerprint density at radius 1 is 1.07 bits per heavy atom. The predicted octanol–water partition coefficient (Wildman–Crippen LogP) is 3.93. The third-order valence-corrected chi connectivity index (χ3v) is 4.81. The summed E-state index contributed by atoms with van der Waals surface area (Å²) in [6.45, 7) is 4.13. The monoisotopic (exact) mass is 391 g/mol. The van der Waals surface area contributed by atoms with Crippen LogP contribution in [-0.4, -0.2) is 34.7 Å². The van der Waals surface area contributed by atoms with Gasteiger partial charge in [0.1, 0.15) is 5.69 Å². The van der Waals surface area contributed by atoms with Crippen molar-refractivity contribution < 1.29 is 14.3 Å². The number of ether oxygens (including phenoxy) is 1. The van der Waals surface area contributed by atoms with Crippen molar-refractivity contribution in [2.45, 2.75) is 32.3 Å². The number of hydrogen-bond donors (Lipinski definition) is 2. The third-order valence-electron chi connectivity index (χ3n) is 4.81. The molecule has 0 radical (unpaired) electrons. The molecular formula is C23H25N3O3. The van der Waals surface area contributed by atoms with Crippen LogP contribution in [0.3, 0.4) is 0 Å². The second kappa shape index (κ2) is 9.68. The van der Waals surface area contributed by atoms with Crippen LogP contribution < -0.4 is 5.32 Å². The quantitative estimate of drug-likeness (QED) is 0.570. The number of hydrogen-bond acceptors (Lipinski definition) is 4. The molecule has 0 saturated carbocycles. The van der Waals surface area contributed by atoms with Gasteiger partial charge in [-0.25, -0.2) is 4.79 Å². The van der Waals surface area contributed by atoms with Crippen LogP contribution in [0, 0.1) is 0 Å². The number of carbonyl (C=O) groups is 2. The van der Waals surface area contributed by atoms with Gasteiger partial charge in [0.15, 0.2) is 6.10 Å². The largest absolute Gasteiger partial charge is 0.448 e. The third kappa shape index (κ3) is 5.31. The van der Waals surface area contributed by atoms with Gasteiger partial charge in [-0.15, -0.1) is 0 Å². The highest BCUT2D eigenvalue weighted by Crippen LogP contribution is 2.19. The molecule has 0 fully saturated rings. The molecule has 1 aromatic heterocycles. The molecule has 0 aliphatic carbocycles. The van der Waals surface area contributed by atoms with Crippen molar-refractivity contribution in [2.24, 2.45) is 0 Å². The van der Waals surface area contributed by atoms with E-state index in [2.05, 4.69) is 22.4 Å². The molecule has 3 rings (SSSR count). The topological polar surface area (TPSA) is 84.1 Å². The number of H-pyrrole nitrogens is 1. The van der Waals surface area contributed by atoms with Crippen LogP contribution in [0.1, 0.15) is 42.2 Å². The molecule has 3 aromatic rings. The first-order valence-electron chi connectivity index (χ1n) is 9.73. The van der Waals surface area contributed by atoms with Crippen molar-refractivity contribution >= 4 is 11.9 Å². The normalized spacial score (nSPS) is 12.8. The fourth-order valence-corrected chi connectivity index (χ4v) is 3.05. The average Bonchev–Trinajstić information content (AvgIpc) is 3.26. The molecule has 1 amide bonds. The van der Waals surface area contributed by atoms with E-state index < -0.39 is 12.1 Å². The number of aromatic nitrogens is 2. The van der Waals surface area contributed by atoms with Crippen LogP contribution in [0.15, 0.2) is 66.7 Å². The number of rotatable bonds is 8. The number of carbonyl (C=O) groups excluding carboxylic acids is 2. The number of amides is 1. The van der Waals surface area contributed by atoms with Crippen molar-refractivity contribution in [3.05, 3.63) is 78.0 Å². The molecule has 0 spiro atoms. The van der Waals surface area contributed by atoms with E-state index in [1.807, 2.05) is 60.7 Å². The molecule has 0 saturated heterocycles. The first-order chi connectivity index (χ1) is 14.1. The molecule has 2 aromatic carbocycles. The molecule has 0 aliphatic heterocycles. The minimum atomic E-state index is -0.903. The Labute approximate surface area is 170 Å². The lowest BCUT2D eigenvalue weighted by Crippen LogP contribution is -2.38. The van der Waals surface area contributed by atoms with E-state index in [1.165, 1.54) is 5.56 Å². The SMILES string of the molecule is CC[C@@H](CNC(=O)[C@@H](C)OC(=O)c1cc(-c2ccccc2)n[nH]1)c1ccccc1. The summed E-state index contributed by atoms with van der Waals surface area (Å²) in [5.41, 5.74) is 2.91. The van der Waals surface area contributed by atoms with Gasteiger partial charge in [0.05, 0.1) is 5.69 Å². The first-order valence-corrected chi connectivity index (χ1v) is 9.73. The van der Waals surface area contributed by atoms with Crippen LogP contribution in [0.25, 0.3) is 11.3 Å². The average molecular weight is 391 g/mol. The van der Waals surface area contributed by atoms with Gasteiger partial charge in [0.25, 0.3) is 5.91 Å². The molecule has 0 bridgehead atoms. The summed E-state index contributed by atoms with van der Waals surface area (Å²) < 4.78 is 5.30. The molecule has 0 aliphatic rings. The summed E-state index contributed by atoms with van der Waals surface area (Å²) in [7, 11) is 0. The minimum Gasteiger partial charge on any atom is -0.448 e. The molecule has 0 unspecified atom stereocenters. The molecule has 150 valence electrons. The standard InChI is InChI=1S/C23H25N3O3/c1-3-17(18-10-6-4-7-11-18)15-24-22(27)16(2)29-23(28)21-14-20(25-26-21)19-12-8-5-9-13-19/h4-14,16-17H,3,15H2,1-2H3,(H,24,27)(H,25,26)/t16-,17+/m1/s1. The number of nitrogens with one attached hydrogen (secondary N) is 2. The van der Waals surface area contributed by atoms with Crippen LogP contribution in [0.5, 0.6) is 0 Å². The Morgan fingerprint density at radius 2 is 1.72 bits per heavy atom. The zero-order valence-corrected chi connectivity index (χ0v) is 16.6. The Morgan fingerprint density at radius 3 is 2.38 bits per heavy atom. The fraction of sp³-hybridized carbons (Fsp3) is 0.261. The highest BCUT2D eigenvalue weighted by Gasteiger charge is 2.21. The molecule has 1 heterocycles. The summed E-state index contributed by atoms with van der Waals surface area (Å²) in [6.07, 6.45) is -0.00578. The maximum Gasteiger partial charge on any atom is 0.357 e. The van der Waals surface area contributed by atoms with Crippen LogP contribution in [0.4, 0.5) is 0 Å². The van der Waals surface area contributed by atoms with Crippen LogP contribution >= 0.6 is 0 Å². The van der Waals surface area contributed by atoms with Gasteiger partial charge >= 0.3 is 5.97 Å². The zero-order valence-electron chi connectivity index (χ0n) is 16.6. The maximum atomic E-state index is 12.4. The Balaban J connectivity index is 1.54. The molecule has 29 heavy (non-hydrogen) atoms. The second-order valence-electron chi connectivity index (χ2n) is 6.84. The summed E-state index contributed by atoms with van der Waals surface area (Å²) >= 11 is 0. The van der Waals surface area contributed by atoms with Gasteiger partial charge in [-0.05, 0) is 25.0 Å². The van der Waals surface area contributed by atoms with E-state index in [4.69, 9.17) is 4.74 Å². The lowest BCUT2D eigenvalue weighted by Gasteiger charge is -2.18. The van der Waals surface area contributed by atoms with Gasteiger partial charge in [-0.2, -0.15) is 5.10 Å². The van der Waals surface area contributed by atoms with Crippen LogP contribution in [0.2, 0.25) is 0 Å². The predicted molar refractivity (Wildman–Crippen MR) is 111 cm³/mol. The molecular weight excluding hydrogens is 366 g/mol. The molecule has 6 nitrogen and oxygen atoms in total. The van der Waals surface area contributed by atoms with Crippen molar-refractivity contribution in [2.75, 3.05) is 6.54 Å². The zero-order chi connectivity index (χ0) is 20.6. The minimum absolute atomic E-state index is 0.208. The van der Waals surface area contributed by atoms with E-state index >= 15 is 0 Å². The Hall–Kier alpha value is -3.41. The van der Waals surface area contributed by atoms with Crippen molar-refractivity contribution in [1.82, 2.24) is 15.5 Å². The summed E-state index contributed by atoms with van der Waals surface area (Å²) in [5, 5.41) is 9.69. The second-order valence-corrected chi connectivity index (χ2v) is 6.84. The van der Waals surface area contributed by atoms with Gasteiger partial charge in [-0.3, -0.25) is 9.89 Å². The van der Waals surface area contributed by atoms with Gasteiger partial charge in [0, 0.05) is 18.0 Å². The molecule has 2 N–H and O–H groups in total.